The van der Waals surface area contributed by atoms with Gasteiger partial charge in [-0.05, 0) is 73.6 Å². The summed E-state index contributed by atoms with van der Waals surface area (Å²) in [6, 6.07) is 3.91. The lowest BCUT2D eigenvalue weighted by molar-refractivity contribution is -0.206. The van der Waals surface area contributed by atoms with Crippen LogP contribution in [0.15, 0.2) is 12.1 Å². The number of carbonyl (C=O) groups excluding carboxylic acids is 1. The van der Waals surface area contributed by atoms with Crippen molar-refractivity contribution in [1.29, 1.82) is 0 Å². The van der Waals surface area contributed by atoms with Gasteiger partial charge in [-0.15, -0.1) is 0 Å². The standard InChI is InChI=1S/C18H20F3NO2/c19-18(20,21)17(23)24-16-14-7-6-12(10-4-5-10)13-3-1-2-11(15(13)14)8-9-22-16/h6-7,10-11,16,22H,1-5,8-9H2. The van der Waals surface area contributed by atoms with E-state index in [2.05, 4.69) is 5.32 Å². The molecule has 2 aliphatic carbocycles. The van der Waals surface area contributed by atoms with E-state index in [1.54, 1.807) is 0 Å². The van der Waals surface area contributed by atoms with Crippen LogP contribution in [0.5, 0.6) is 0 Å². The fraction of sp³-hybridized carbons (Fsp3) is 0.611. The monoisotopic (exact) mass is 339 g/mol. The molecule has 3 aliphatic rings. The summed E-state index contributed by atoms with van der Waals surface area (Å²) in [4.78, 5) is 11.3. The van der Waals surface area contributed by atoms with Crippen LogP contribution in [0.1, 0.15) is 72.4 Å². The van der Waals surface area contributed by atoms with Gasteiger partial charge in [0, 0.05) is 5.56 Å². The van der Waals surface area contributed by atoms with Crippen molar-refractivity contribution in [2.24, 2.45) is 0 Å². The van der Waals surface area contributed by atoms with Gasteiger partial charge in [-0.3, -0.25) is 5.32 Å². The van der Waals surface area contributed by atoms with Crippen LogP contribution in [0, 0.1) is 0 Å². The van der Waals surface area contributed by atoms with Gasteiger partial charge in [0.05, 0.1) is 0 Å². The molecule has 24 heavy (non-hydrogen) atoms. The quantitative estimate of drug-likeness (QED) is 0.825. The smallest absolute Gasteiger partial charge is 0.436 e. The van der Waals surface area contributed by atoms with E-state index in [0.29, 0.717) is 23.9 Å². The lowest BCUT2D eigenvalue weighted by Crippen LogP contribution is -2.33. The maximum atomic E-state index is 12.6. The number of ether oxygens (including phenoxy) is 1. The Morgan fingerprint density at radius 2 is 1.83 bits per heavy atom. The van der Waals surface area contributed by atoms with Crippen LogP contribution in [0.4, 0.5) is 13.2 Å². The first kappa shape index (κ1) is 15.9. The van der Waals surface area contributed by atoms with Crippen molar-refractivity contribution in [3.05, 3.63) is 34.4 Å². The molecular weight excluding hydrogens is 319 g/mol. The molecule has 0 aromatic heterocycles. The molecule has 1 N–H and O–H groups in total. The highest BCUT2D eigenvalue weighted by Crippen LogP contribution is 2.48. The van der Waals surface area contributed by atoms with Gasteiger partial charge < -0.3 is 4.74 Å². The van der Waals surface area contributed by atoms with Crippen molar-refractivity contribution < 1.29 is 22.7 Å². The fourth-order valence-corrected chi connectivity index (χ4v) is 4.20. The second-order valence-corrected chi connectivity index (χ2v) is 7.03. The summed E-state index contributed by atoms with van der Waals surface area (Å²) >= 11 is 0. The third kappa shape index (κ3) is 2.81. The van der Waals surface area contributed by atoms with Crippen LogP contribution < -0.4 is 5.32 Å². The Morgan fingerprint density at radius 1 is 1.08 bits per heavy atom. The molecule has 1 saturated carbocycles. The molecule has 0 spiro atoms. The molecule has 1 aromatic carbocycles. The lowest BCUT2D eigenvalue weighted by atomic mass is 9.76. The molecule has 4 rings (SSSR count). The second-order valence-electron chi connectivity index (χ2n) is 7.03. The Balaban J connectivity index is 1.73. The number of carbonyl (C=O) groups is 1. The predicted molar refractivity (Wildman–Crippen MR) is 81.6 cm³/mol. The Kier molecular flexibility index (Phi) is 3.82. The molecule has 130 valence electrons. The zero-order valence-corrected chi connectivity index (χ0v) is 13.3. The van der Waals surface area contributed by atoms with Crippen LogP contribution in [-0.2, 0) is 16.0 Å². The molecule has 1 fully saturated rings. The summed E-state index contributed by atoms with van der Waals surface area (Å²) < 4.78 is 42.5. The third-order valence-electron chi connectivity index (χ3n) is 5.39. The number of hydrogen-bond donors (Lipinski definition) is 1. The maximum Gasteiger partial charge on any atom is 0.490 e. The van der Waals surface area contributed by atoms with E-state index in [1.165, 1.54) is 24.0 Å². The van der Waals surface area contributed by atoms with Crippen molar-refractivity contribution in [3.8, 4) is 0 Å². The summed E-state index contributed by atoms with van der Waals surface area (Å²) in [5, 5.41) is 2.98. The first-order valence-electron chi connectivity index (χ1n) is 8.62. The molecule has 1 aromatic rings. The molecule has 6 heteroatoms. The van der Waals surface area contributed by atoms with E-state index in [9.17, 15) is 18.0 Å². The van der Waals surface area contributed by atoms with E-state index < -0.39 is 18.4 Å². The van der Waals surface area contributed by atoms with Gasteiger partial charge in [0.15, 0.2) is 6.23 Å². The second kappa shape index (κ2) is 5.76. The number of halogens is 3. The van der Waals surface area contributed by atoms with Crippen LogP contribution in [0.3, 0.4) is 0 Å². The average molecular weight is 339 g/mol. The summed E-state index contributed by atoms with van der Waals surface area (Å²) in [5.74, 6) is -1.17. The first-order valence-corrected chi connectivity index (χ1v) is 8.62. The van der Waals surface area contributed by atoms with E-state index in [-0.39, 0.29) is 0 Å². The van der Waals surface area contributed by atoms with Gasteiger partial charge in [0.2, 0.25) is 0 Å². The molecule has 0 amide bonds. The number of nitrogens with one attached hydrogen (secondary N) is 1. The average Bonchev–Trinajstić information content (AvgIpc) is 3.37. The number of alkyl halides is 3. The number of rotatable bonds is 2. The van der Waals surface area contributed by atoms with Crippen LogP contribution >= 0.6 is 0 Å². The Bertz CT molecular complexity index is 667. The summed E-state index contributed by atoms with van der Waals surface area (Å²) in [6.07, 6.45) is 0.428. The molecule has 2 unspecified atom stereocenters. The van der Waals surface area contributed by atoms with Gasteiger partial charge in [0.1, 0.15) is 0 Å². The number of esters is 1. The Labute approximate surface area is 138 Å². The molecule has 1 aliphatic heterocycles. The van der Waals surface area contributed by atoms with E-state index in [4.69, 9.17) is 4.74 Å². The first-order chi connectivity index (χ1) is 11.4. The highest BCUT2D eigenvalue weighted by molar-refractivity contribution is 5.76. The van der Waals surface area contributed by atoms with Crippen LogP contribution in [0.2, 0.25) is 0 Å². The largest absolute Gasteiger partial charge is 0.490 e. The van der Waals surface area contributed by atoms with Crippen molar-refractivity contribution in [3.63, 3.8) is 0 Å². The lowest BCUT2D eigenvalue weighted by Gasteiger charge is -2.29. The van der Waals surface area contributed by atoms with Crippen molar-refractivity contribution in [2.75, 3.05) is 6.54 Å². The Morgan fingerprint density at radius 3 is 2.54 bits per heavy atom. The van der Waals surface area contributed by atoms with Gasteiger partial charge in [0.25, 0.3) is 0 Å². The van der Waals surface area contributed by atoms with Crippen LogP contribution in [0.25, 0.3) is 0 Å². The van der Waals surface area contributed by atoms with Gasteiger partial charge >= 0.3 is 12.1 Å². The van der Waals surface area contributed by atoms with Crippen LogP contribution in [-0.4, -0.2) is 18.7 Å². The molecule has 0 radical (unpaired) electrons. The summed E-state index contributed by atoms with van der Waals surface area (Å²) in [6.45, 7) is 0.549. The van der Waals surface area contributed by atoms with Crippen molar-refractivity contribution in [2.45, 2.75) is 62.8 Å². The predicted octanol–water partition coefficient (Wildman–Crippen LogP) is 4.08. The number of benzene rings is 1. The molecule has 3 nitrogen and oxygen atoms in total. The zero-order chi connectivity index (χ0) is 16.9. The highest BCUT2D eigenvalue weighted by atomic mass is 19.4. The minimum atomic E-state index is -4.97. The fourth-order valence-electron chi connectivity index (χ4n) is 4.20. The molecule has 2 atom stereocenters. The maximum absolute atomic E-state index is 12.6. The Hall–Kier alpha value is -1.56. The third-order valence-corrected chi connectivity index (χ3v) is 5.39. The minimum Gasteiger partial charge on any atom is -0.436 e. The van der Waals surface area contributed by atoms with E-state index >= 15 is 0 Å². The number of hydrogen-bond acceptors (Lipinski definition) is 3. The van der Waals surface area contributed by atoms with E-state index in [1.807, 2.05) is 12.1 Å². The van der Waals surface area contributed by atoms with Crippen molar-refractivity contribution >= 4 is 5.97 Å². The van der Waals surface area contributed by atoms with Gasteiger partial charge in [-0.25, -0.2) is 4.79 Å². The van der Waals surface area contributed by atoms with Gasteiger partial charge in [-0.1, -0.05) is 12.1 Å². The molecule has 0 bridgehead atoms. The summed E-state index contributed by atoms with van der Waals surface area (Å²) in [7, 11) is 0. The topological polar surface area (TPSA) is 38.3 Å². The molecule has 1 heterocycles. The van der Waals surface area contributed by atoms with E-state index in [0.717, 1.165) is 31.2 Å². The normalized spacial score (nSPS) is 26.5. The SMILES string of the molecule is O=C(OC1NCCC2CCCc3c(C4CC4)ccc1c32)C(F)(F)F. The molecule has 0 saturated heterocycles. The zero-order valence-electron chi connectivity index (χ0n) is 13.3. The highest BCUT2D eigenvalue weighted by Gasteiger charge is 2.43. The minimum absolute atomic E-state index is 0.351. The molecular formula is C18H20F3NO2. The summed E-state index contributed by atoms with van der Waals surface area (Å²) in [5.41, 5.74) is 4.54. The van der Waals surface area contributed by atoms with Gasteiger partial charge in [-0.2, -0.15) is 13.2 Å². The van der Waals surface area contributed by atoms with Crippen molar-refractivity contribution in [1.82, 2.24) is 5.32 Å².